The number of halogens is 1. The molecule has 0 aliphatic carbocycles. The van der Waals surface area contributed by atoms with Gasteiger partial charge in [0.15, 0.2) is 0 Å². The second-order valence-electron chi connectivity index (χ2n) is 4.33. The third kappa shape index (κ3) is 3.72. The molecule has 1 atom stereocenters. The van der Waals surface area contributed by atoms with Crippen molar-refractivity contribution in [3.63, 3.8) is 0 Å². The predicted molar refractivity (Wildman–Crippen MR) is 78.0 cm³/mol. The van der Waals surface area contributed by atoms with Crippen LogP contribution in [0.3, 0.4) is 0 Å². The SMILES string of the molecule is COCC(Cl)CCNc1nccc2ccc(O)cc12. The lowest BCUT2D eigenvalue weighted by Crippen LogP contribution is -2.14. The Morgan fingerprint density at radius 2 is 2.26 bits per heavy atom. The van der Waals surface area contributed by atoms with Gasteiger partial charge in [-0.05, 0) is 30.0 Å². The molecule has 2 N–H and O–H groups in total. The largest absolute Gasteiger partial charge is 0.508 e. The zero-order valence-corrected chi connectivity index (χ0v) is 11.5. The van der Waals surface area contributed by atoms with E-state index in [2.05, 4.69) is 10.3 Å². The molecule has 4 nitrogen and oxygen atoms in total. The minimum atomic E-state index is -0.0131. The van der Waals surface area contributed by atoms with Crippen LogP contribution in [0.2, 0.25) is 0 Å². The molecule has 0 bridgehead atoms. The van der Waals surface area contributed by atoms with Crippen LogP contribution in [0.4, 0.5) is 5.82 Å². The molecule has 102 valence electrons. The number of hydrogen-bond acceptors (Lipinski definition) is 4. The summed E-state index contributed by atoms with van der Waals surface area (Å²) >= 11 is 6.07. The topological polar surface area (TPSA) is 54.4 Å². The molecule has 0 aliphatic rings. The van der Waals surface area contributed by atoms with E-state index in [1.165, 1.54) is 0 Å². The monoisotopic (exact) mass is 280 g/mol. The minimum absolute atomic E-state index is 0.0131. The number of nitrogens with zero attached hydrogens (tertiary/aromatic N) is 1. The molecule has 0 fully saturated rings. The minimum Gasteiger partial charge on any atom is -0.508 e. The molecule has 19 heavy (non-hydrogen) atoms. The molecule has 1 aromatic carbocycles. The molecule has 2 rings (SSSR count). The Balaban J connectivity index is 2.06. The molecule has 0 spiro atoms. The lowest BCUT2D eigenvalue weighted by atomic mass is 10.1. The number of methoxy groups -OCH3 is 1. The molecule has 1 unspecified atom stereocenters. The van der Waals surface area contributed by atoms with E-state index < -0.39 is 0 Å². The van der Waals surface area contributed by atoms with Crippen LogP contribution >= 0.6 is 11.6 Å². The van der Waals surface area contributed by atoms with Crippen LogP contribution in [0, 0.1) is 0 Å². The number of phenols is 1. The van der Waals surface area contributed by atoms with Crippen molar-refractivity contribution in [3.8, 4) is 5.75 Å². The summed E-state index contributed by atoms with van der Waals surface area (Å²) in [6, 6.07) is 7.15. The predicted octanol–water partition coefficient (Wildman–Crippen LogP) is 3.00. The summed E-state index contributed by atoms with van der Waals surface area (Å²) in [4.78, 5) is 4.29. The summed E-state index contributed by atoms with van der Waals surface area (Å²) in [5.41, 5.74) is 0. The van der Waals surface area contributed by atoms with Crippen LogP contribution in [-0.2, 0) is 4.74 Å². The Morgan fingerprint density at radius 3 is 3.05 bits per heavy atom. The van der Waals surface area contributed by atoms with Crippen LogP contribution in [0.25, 0.3) is 10.8 Å². The number of anilines is 1. The Labute approximate surface area is 117 Å². The zero-order chi connectivity index (χ0) is 13.7. The first-order chi connectivity index (χ1) is 9.20. The molecule has 2 aromatic rings. The number of rotatable bonds is 6. The summed E-state index contributed by atoms with van der Waals surface area (Å²) in [5.74, 6) is 0.993. The number of pyridine rings is 1. The van der Waals surface area contributed by atoms with Crippen LogP contribution < -0.4 is 5.32 Å². The first-order valence-corrected chi connectivity index (χ1v) is 6.59. The first-order valence-electron chi connectivity index (χ1n) is 6.15. The Bertz CT molecular complexity index is 548. The van der Waals surface area contributed by atoms with E-state index in [-0.39, 0.29) is 11.1 Å². The molecule has 1 heterocycles. The number of hydrogen-bond donors (Lipinski definition) is 2. The Hall–Kier alpha value is -1.52. The van der Waals surface area contributed by atoms with E-state index >= 15 is 0 Å². The van der Waals surface area contributed by atoms with Gasteiger partial charge in [0.25, 0.3) is 0 Å². The highest BCUT2D eigenvalue weighted by molar-refractivity contribution is 6.20. The standard InChI is InChI=1S/C14H17ClN2O2/c1-19-9-11(15)5-7-17-14-13-8-12(18)3-2-10(13)4-6-16-14/h2-4,6,8,11,18H,5,7,9H2,1H3,(H,16,17). The van der Waals surface area contributed by atoms with Gasteiger partial charge >= 0.3 is 0 Å². The maximum absolute atomic E-state index is 9.55. The van der Waals surface area contributed by atoms with Crippen molar-refractivity contribution in [1.82, 2.24) is 4.98 Å². The van der Waals surface area contributed by atoms with Crippen LogP contribution in [0.1, 0.15) is 6.42 Å². The van der Waals surface area contributed by atoms with Crippen LogP contribution in [0.5, 0.6) is 5.75 Å². The van der Waals surface area contributed by atoms with E-state index in [0.717, 1.165) is 23.0 Å². The smallest absolute Gasteiger partial charge is 0.133 e. The highest BCUT2D eigenvalue weighted by atomic mass is 35.5. The van der Waals surface area contributed by atoms with Gasteiger partial charge in [-0.2, -0.15) is 0 Å². The van der Waals surface area contributed by atoms with E-state index in [1.54, 1.807) is 25.4 Å². The number of fused-ring (bicyclic) bond motifs is 1. The fraction of sp³-hybridized carbons (Fsp3) is 0.357. The third-order valence-corrected chi connectivity index (χ3v) is 3.19. The number of phenolic OH excluding ortho intramolecular Hbond substituents is 1. The van der Waals surface area contributed by atoms with Gasteiger partial charge < -0.3 is 15.2 Å². The number of alkyl halides is 1. The Morgan fingerprint density at radius 1 is 1.42 bits per heavy atom. The lowest BCUT2D eigenvalue weighted by Gasteiger charge is -2.11. The number of nitrogens with one attached hydrogen (secondary N) is 1. The summed E-state index contributed by atoms with van der Waals surface area (Å²) in [6.07, 6.45) is 2.53. The second-order valence-corrected chi connectivity index (χ2v) is 4.95. The lowest BCUT2D eigenvalue weighted by molar-refractivity contribution is 0.196. The van der Waals surface area contributed by atoms with Crippen molar-refractivity contribution < 1.29 is 9.84 Å². The van der Waals surface area contributed by atoms with E-state index in [0.29, 0.717) is 13.2 Å². The van der Waals surface area contributed by atoms with Gasteiger partial charge in [0.2, 0.25) is 0 Å². The molecule has 5 heteroatoms. The van der Waals surface area contributed by atoms with Crippen LogP contribution in [0.15, 0.2) is 30.5 Å². The summed E-state index contributed by atoms with van der Waals surface area (Å²) in [5, 5.41) is 14.7. The van der Waals surface area contributed by atoms with Gasteiger partial charge in [0, 0.05) is 25.2 Å². The van der Waals surface area contributed by atoms with Crippen molar-refractivity contribution in [2.75, 3.05) is 25.6 Å². The zero-order valence-electron chi connectivity index (χ0n) is 10.8. The maximum atomic E-state index is 9.55. The molecule has 0 aliphatic heterocycles. The molecule has 0 saturated carbocycles. The van der Waals surface area contributed by atoms with E-state index in [9.17, 15) is 5.11 Å². The van der Waals surface area contributed by atoms with E-state index in [4.69, 9.17) is 16.3 Å². The fourth-order valence-corrected chi connectivity index (χ4v) is 2.14. The highest BCUT2D eigenvalue weighted by Crippen LogP contribution is 2.25. The van der Waals surface area contributed by atoms with E-state index in [1.807, 2.05) is 12.1 Å². The third-order valence-electron chi connectivity index (χ3n) is 2.85. The molecule has 0 amide bonds. The second kappa shape index (κ2) is 6.59. The normalized spacial score (nSPS) is 12.5. The number of aromatic hydroxyl groups is 1. The number of benzene rings is 1. The average Bonchev–Trinajstić information content (AvgIpc) is 2.39. The summed E-state index contributed by atoms with van der Waals surface area (Å²) < 4.78 is 4.98. The summed E-state index contributed by atoms with van der Waals surface area (Å²) in [7, 11) is 1.64. The van der Waals surface area contributed by atoms with Crippen molar-refractivity contribution in [1.29, 1.82) is 0 Å². The Kier molecular flexibility index (Phi) is 4.82. The van der Waals surface area contributed by atoms with Crippen molar-refractivity contribution in [2.24, 2.45) is 0 Å². The molecular formula is C14H17ClN2O2. The highest BCUT2D eigenvalue weighted by Gasteiger charge is 2.06. The van der Waals surface area contributed by atoms with Crippen LogP contribution in [-0.4, -0.2) is 35.7 Å². The molecule has 1 aromatic heterocycles. The van der Waals surface area contributed by atoms with Crippen molar-refractivity contribution >= 4 is 28.2 Å². The van der Waals surface area contributed by atoms with Crippen molar-refractivity contribution in [3.05, 3.63) is 30.5 Å². The van der Waals surface area contributed by atoms with Gasteiger partial charge in [-0.25, -0.2) is 4.98 Å². The molecular weight excluding hydrogens is 264 g/mol. The average molecular weight is 281 g/mol. The van der Waals surface area contributed by atoms with Crippen molar-refractivity contribution in [2.45, 2.75) is 11.8 Å². The molecule has 0 saturated heterocycles. The van der Waals surface area contributed by atoms with Gasteiger partial charge in [-0.15, -0.1) is 11.6 Å². The number of aromatic nitrogens is 1. The quantitative estimate of drug-likeness (QED) is 0.799. The van der Waals surface area contributed by atoms with Gasteiger partial charge in [-0.3, -0.25) is 0 Å². The summed E-state index contributed by atoms with van der Waals surface area (Å²) in [6.45, 7) is 1.24. The van der Waals surface area contributed by atoms with Gasteiger partial charge in [0.1, 0.15) is 11.6 Å². The first kappa shape index (κ1) is 13.9. The van der Waals surface area contributed by atoms with Gasteiger partial charge in [0.05, 0.1) is 12.0 Å². The fourth-order valence-electron chi connectivity index (χ4n) is 1.91. The number of ether oxygens (including phenoxy) is 1. The van der Waals surface area contributed by atoms with Gasteiger partial charge in [-0.1, -0.05) is 6.07 Å². The maximum Gasteiger partial charge on any atom is 0.133 e. The molecule has 0 radical (unpaired) electrons.